The smallest absolute Gasteiger partial charge is 0.254 e. The maximum absolute atomic E-state index is 13.8. The first-order chi connectivity index (χ1) is 17.3. The Morgan fingerprint density at radius 2 is 1.53 bits per heavy atom. The van der Waals surface area contributed by atoms with Gasteiger partial charge in [-0.3, -0.25) is 9.59 Å². The largest absolute Gasteiger partial charge is 0.339 e. The summed E-state index contributed by atoms with van der Waals surface area (Å²) in [5, 5.41) is 5.31. The van der Waals surface area contributed by atoms with Crippen LogP contribution in [0.15, 0.2) is 60.8 Å². The van der Waals surface area contributed by atoms with Gasteiger partial charge in [-0.25, -0.2) is 9.67 Å². The highest BCUT2D eigenvalue weighted by atomic mass is 16.2. The fourth-order valence-electron chi connectivity index (χ4n) is 4.91. The van der Waals surface area contributed by atoms with Crippen LogP contribution in [0.25, 0.3) is 22.3 Å². The lowest BCUT2D eigenvalue weighted by molar-refractivity contribution is 0.0652. The number of likely N-dealkylation sites (tertiary alicyclic amines) is 1. The van der Waals surface area contributed by atoms with E-state index < -0.39 is 0 Å². The van der Waals surface area contributed by atoms with Crippen LogP contribution in [0.3, 0.4) is 0 Å². The maximum Gasteiger partial charge on any atom is 0.254 e. The Kier molecular flexibility index (Phi) is 6.44. The van der Waals surface area contributed by atoms with Crippen LogP contribution in [0.5, 0.6) is 0 Å². The minimum Gasteiger partial charge on any atom is -0.339 e. The molecule has 2 aromatic heterocycles. The molecule has 0 atom stereocenters. The summed E-state index contributed by atoms with van der Waals surface area (Å²) in [6.07, 6.45) is 3.09. The molecule has 0 radical (unpaired) electrons. The lowest BCUT2D eigenvalue weighted by Gasteiger charge is -2.31. The average molecular weight is 481 g/mol. The van der Waals surface area contributed by atoms with Gasteiger partial charge in [-0.15, -0.1) is 0 Å². The van der Waals surface area contributed by atoms with Crippen molar-refractivity contribution in [3.8, 4) is 11.3 Å². The van der Waals surface area contributed by atoms with Crippen LogP contribution in [0.2, 0.25) is 0 Å². The molecule has 0 aliphatic carbocycles. The van der Waals surface area contributed by atoms with Gasteiger partial charge in [-0.1, -0.05) is 59.7 Å². The van der Waals surface area contributed by atoms with Crippen LogP contribution < -0.4 is 0 Å². The second-order valence-electron chi connectivity index (χ2n) is 10.1. The summed E-state index contributed by atoms with van der Waals surface area (Å²) in [4.78, 5) is 33.6. The third kappa shape index (κ3) is 4.55. The number of aromatic nitrogens is 3. The van der Waals surface area contributed by atoms with Crippen LogP contribution in [0.4, 0.5) is 0 Å². The lowest BCUT2D eigenvalue weighted by atomic mass is 9.88. The van der Waals surface area contributed by atoms with Crippen molar-refractivity contribution in [1.82, 2.24) is 19.7 Å². The number of fused-ring (bicyclic) bond motifs is 1. The van der Waals surface area contributed by atoms with Crippen molar-refractivity contribution in [3.63, 3.8) is 0 Å². The molecule has 0 unspecified atom stereocenters. The normalized spacial score (nSPS) is 14.5. The molecule has 4 aromatic rings. The number of rotatable bonds is 5. The molecule has 0 spiro atoms. The number of Topliss-reactive ketones (excluding diaryl/α,β-unsaturated/α-hetero) is 1. The highest BCUT2D eigenvalue weighted by Crippen LogP contribution is 2.29. The fraction of sp³-hybridized carbons (Fsp3) is 0.333. The predicted octanol–water partition coefficient (Wildman–Crippen LogP) is 6.03. The Morgan fingerprint density at radius 1 is 0.917 bits per heavy atom. The van der Waals surface area contributed by atoms with E-state index in [0.29, 0.717) is 31.5 Å². The molecule has 184 valence electrons. The zero-order chi connectivity index (χ0) is 25.4. The number of benzene rings is 2. The molecule has 1 aliphatic heterocycles. The van der Waals surface area contributed by atoms with E-state index in [9.17, 15) is 9.59 Å². The summed E-state index contributed by atoms with van der Waals surface area (Å²) in [5.41, 5.74) is 6.13. The number of ketones is 1. The topological polar surface area (TPSA) is 68.1 Å². The number of nitrogens with zero attached hydrogens (tertiary/aromatic N) is 4. The summed E-state index contributed by atoms with van der Waals surface area (Å²) in [6.45, 7) is 9.31. The molecule has 0 bridgehead atoms. The fourth-order valence-corrected chi connectivity index (χ4v) is 4.91. The standard InChI is InChI=1S/C30H32N4O2/c1-19(2)34-29-26(18-31-34)25(17-27(32-29)22-9-5-20(3)6-10-22)30(36)33-15-13-24(14-16-33)28(35)23-11-7-21(4)8-12-23/h5-12,17-19,24H,13-16H2,1-4H3. The number of aryl methyl sites for hydroxylation is 2. The molecule has 5 rings (SSSR count). The van der Waals surface area contributed by atoms with Crippen LogP contribution in [-0.2, 0) is 0 Å². The Labute approximate surface area is 212 Å². The SMILES string of the molecule is Cc1ccc(C(=O)C2CCN(C(=O)c3cc(-c4ccc(C)cc4)nc4c3cnn4C(C)C)CC2)cc1. The summed E-state index contributed by atoms with van der Waals surface area (Å²) in [6, 6.07) is 18.0. The monoisotopic (exact) mass is 480 g/mol. The van der Waals surface area contributed by atoms with Crippen molar-refractivity contribution in [1.29, 1.82) is 0 Å². The average Bonchev–Trinajstić information content (AvgIpc) is 3.33. The van der Waals surface area contributed by atoms with E-state index in [1.54, 1.807) is 6.20 Å². The maximum atomic E-state index is 13.8. The molecule has 1 saturated heterocycles. The van der Waals surface area contributed by atoms with Gasteiger partial charge in [0.25, 0.3) is 5.91 Å². The summed E-state index contributed by atoms with van der Waals surface area (Å²) in [7, 11) is 0. The zero-order valence-corrected chi connectivity index (χ0v) is 21.4. The van der Waals surface area contributed by atoms with Gasteiger partial charge in [-0.2, -0.15) is 5.10 Å². The van der Waals surface area contributed by atoms with Gasteiger partial charge in [-0.05, 0) is 46.6 Å². The van der Waals surface area contributed by atoms with E-state index >= 15 is 0 Å². The van der Waals surface area contributed by atoms with E-state index in [4.69, 9.17) is 4.98 Å². The van der Waals surface area contributed by atoms with E-state index in [1.807, 2.05) is 59.0 Å². The number of hydrogen-bond acceptors (Lipinski definition) is 4. The van der Waals surface area contributed by atoms with Crippen molar-refractivity contribution in [2.75, 3.05) is 13.1 Å². The first-order valence-corrected chi connectivity index (χ1v) is 12.7. The second kappa shape index (κ2) is 9.69. The second-order valence-corrected chi connectivity index (χ2v) is 10.1. The van der Waals surface area contributed by atoms with Crippen LogP contribution in [0.1, 0.15) is 64.6 Å². The molecule has 1 amide bonds. The van der Waals surface area contributed by atoms with E-state index in [1.165, 1.54) is 5.56 Å². The molecule has 6 heteroatoms. The Bertz CT molecular complexity index is 1410. The van der Waals surface area contributed by atoms with Gasteiger partial charge in [0, 0.05) is 36.2 Å². The number of carbonyl (C=O) groups excluding carboxylic acids is 2. The highest BCUT2D eigenvalue weighted by Gasteiger charge is 2.30. The molecular weight excluding hydrogens is 448 g/mol. The molecule has 0 N–H and O–H groups in total. The van der Waals surface area contributed by atoms with Gasteiger partial charge in [0.15, 0.2) is 11.4 Å². The number of carbonyl (C=O) groups is 2. The van der Waals surface area contributed by atoms with Crippen molar-refractivity contribution in [3.05, 3.63) is 83.0 Å². The Balaban J connectivity index is 1.42. The number of amides is 1. The minimum atomic E-state index is -0.0546. The number of piperidine rings is 1. The number of hydrogen-bond donors (Lipinski definition) is 0. The molecule has 6 nitrogen and oxygen atoms in total. The van der Waals surface area contributed by atoms with Crippen LogP contribution >= 0.6 is 0 Å². The molecular formula is C30H32N4O2. The van der Waals surface area contributed by atoms with E-state index in [-0.39, 0.29) is 23.7 Å². The third-order valence-corrected chi connectivity index (χ3v) is 7.12. The van der Waals surface area contributed by atoms with E-state index in [2.05, 4.69) is 38.0 Å². The lowest BCUT2D eigenvalue weighted by Crippen LogP contribution is -2.40. The quantitative estimate of drug-likeness (QED) is 0.327. The van der Waals surface area contributed by atoms with Gasteiger partial charge in [0.1, 0.15) is 0 Å². The third-order valence-electron chi connectivity index (χ3n) is 7.12. The summed E-state index contributed by atoms with van der Waals surface area (Å²) < 4.78 is 1.87. The van der Waals surface area contributed by atoms with Crippen LogP contribution in [-0.4, -0.2) is 44.4 Å². The predicted molar refractivity (Wildman–Crippen MR) is 142 cm³/mol. The van der Waals surface area contributed by atoms with Gasteiger partial charge in [0.2, 0.25) is 0 Å². The summed E-state index contributed by atoms with van der Waals surface area (Å²) in [5.74, 6) is 0.0922. The van der Waals surface area contributed by atoms with E-state index in [0.717, 1.165) is 33.4 Å². The highest BCUT2D eigenvalue weighted by molar-refractivity contribution is 6.06. The van der Waals surface area contributed by atoms with Crippen LogP contribution in [0, 0.1) is 19.8 Å². The first-order valence-electron chi connectivity index (χ1n) is 12.7. The van der Waals surface area contributed by atoms with Crippen molar-refractivity contribution >= 4 is 22.7 Å². The molecule has 1 fully saturated rings. The van der Waals surface area contributed by atoms with Crippen molar-refractivity contribution in [2.24, 2.45) is 5.92 Å². The van der Waals surface area contributed by atoms with Crippen molar-refractivity contribution in [2.45, 2.75) is 46.6 Å². The molecule has 2 aromatic carbocycles. The Morgan fingerprint density at radius 3 is 2.14 bits per heavy atom. The molecule has 36 heavy (non-hydrogen) atoms. The summed E-state index contributed by atoms with van der Waals surface area (Å²) >= 11 is 0. The molecule has 0 saturated carbocycles. The molecule has 1 aliphatic rings. The molecule has 3 heterocycles. The zero-order valence-electron chi connectivity index (χ0n) is 21.4. The minimum absolute atomic E-state index is 0.0275. The van der Waals surface area contributed by atoms with Gasteiger partial charge in [0.05, 0.1) is 22.8 Å². The van der Waals surface area contributed by atoms with Crippen molar-refractivity contribution < 1.29 is 9.59 Å². The Hall–Kier alpha value is -3.80. The van der Waals surface area contributed by atoms with Gasteiger partial charge < -0.3 is 4.90 Å². The first kappa shape index (κ1) is 23.9. The number of pyridine rings is 1. The van der Waals surface area contributed by atoms with Gasteiger partial charge >= 0.3 is 0 Å².